The molecule has 20 heavy (non-hydrogen) atoms. The fraction of sp³-hybridized carbons (Fsp3) is 0.333. The van der Waals surface area contributed by atoms with Crippen molar-refractivity contribution in [2.45, 2.75) is 19.3 Å². The molecule has 0 aliphatic rings. The molecule has 1 aromatic heterocycles. The molecule has 0 spiro atoms. The van der Waals surface area contributed by atoms with Crippen molar-refractivity contribution < 1.29 is 14.1 Å². The Morgan fingerprint density at radius 3 is 2.70 bits per heavy atom. The summed E-state index contributed by atoms with van der Waals surface area (Å²) in [5, 5.41) is 6.39. The summed E-state index contributed by atoms with van der Waals surface area (Å²) in [6, 6.07) is 9.59. The summed E-state index contributed by atoms with van der Waals surface area (Å²) in [4.78, 5) is 11.6. The lowest BCUT2D eigenvalue weighted by atomic mass is 10.1. The second kappa shape index (κ2) is 7.33. The molecule has 0 aliphatic heterocycles. The Morgan fingerprint density at radius 2 is 2.05 bits per heavy atom. The predicted molar refractivity (Wildman–Crippen MR) is 74.8 cm³/mol. The number of amides is 1. The van der Waals surface area contributed by atoms with Crippen LogP contribution in [0.1, 0.15) is 28.9 Å². The number of nitrogens with zero attached hydrogens (tertiary/aromatic N) is 1. The van der Waals surface area contributed by atoms with Gasteiger partial charge in [-0.15, -0.1) is 0 Å². The minimum Gasteiger partial charge on any atom is -0.497 e. The highest BCUT2D eigenvalue weighted by Crippen LogP contribution is 2.12. The van der Waals surface area contributed by atoms with Crippen molar-refractivity contribution in [3.8, 4) is 5.75 Å². The van der Waals surface area contributed by atoms with Crippen LogP contribution in [0, 0.1) is 0 Å². The van der Waals surface area contributed by atoms with E-state index < -0.39 is 0 Å². The van der Waals surface area contributed by atoms with Crippen LogP contribution in [0.15, 0.2) is 41.1 Å². The van der Waals surface area contributed by atoms with Crippen LogP contribution in [-0.4, -0.2) is 24.7 Å². The van der Waals surface area contributed by atoms with Gasteiger partial charge in [-0.3, -0.25) is 4.79 Å². The quantitative estimate of drug-likeness (QED) is 0.788. The van der Waals surface area contributed by atoms with Crippen molar-refractivity contribution in [3.63, 3.8) is 0 Å². The van der Waals surface area contributed by atoms with Crippen molar-refractivity contribution in [2.24, 2.45) is 0 Å². The van der Waals surface area contributed by atoms with E-state index in [0.717, 1.165) is 25.0 Å². The summed E-state index contributed by atoms with van der Waals surface area (Å²) in [7, 11) is 1.66. The zero-order chi connectivity index (χ0) is 14.2. The zero-order valence-corrected chi connectivity index (χ0v) is 11.5. The van der Waals surface area contributed by atoms with Crippen LogP contribution in [0.3, 0.4) is 0 Å². The molecule has 0 fully saturated rings. The SMILES string of the molecule is COc1ccc(CCCCNC(=O)c2ccon2)cc1. The number of unbranched alkanes of at least 4 members (excludes halogenated alkanes) is 1. The van der Waals surface area contributed by atoms with Gasteiger partial charge in [0, 0.05) is 12.6 Å². The molecule has 1 amide bonds. The highest BCUT2D eigenvalue weighted by Gasteiger charge is 2.07. The standard InChI is InChI=1S/C15H18N2O3/c1-19-13-7-5-12(6-8-13)4-2-3-10-16-15(18)14-9-11-20-17-14/h5-9,11H,2-4,10H2,1H3,(H,16,18). The van der Waals surface area contributed by atoms with Gasteiger partial charge in [0.1, 0.15) is 12.0 Å². The summed E-state index contributed by atoms with van der Waals surface area (Å²) in [5.74, 6) is 0.678. The van der Waals surface area contributed by atoms with Crippen LogP contribution in [0.2, 0.25) is 0 Å². The summed E-state index contributed by atoms with van der Waals surface area (Å²) in [6.07, 6.45) is 4.32. The summed E-state index contributed by atoms with van der Waals surface area (Å²) >= 11 is 0. The Hall–Kier alpha value is -2.30. The van der Waals surface area contributed by atoms with E-state index in [4.69, 9.17) is 4.74 Å². The first kappa shape index (κ1) is 14.1. The van der Waals surface area contributed by atoms with E-state index in [1.54, 1.807) is 13.2 Å². The van der Waals surface area contributed by atoms with E-state index in [1.807, 2.05) is 12.1 Å². The Kier molecular flexibility index (Phi) is 5.17. The molecule has 0 unspecified atom stereocenters. The Labute approximate surface area is 117 Å². The van der Waals surface area contributed by atoms with Gasteiger partial charge in [-0.05, 0) is 37.0 Å². The van der Waals surface area contributed by atoms with Gasteiger partial charge in [0.25, 0.3) is 5.91 Å². The number of hydrogen-bond acceptors (Lipinski definition) is 4. The molecule has 1 aromatic carbocycles. The van der Waals surface area contributed by atoms with Crippen LogP contribution < -0.4 is 10.1 Å². The number of nitrogens with one attached hydrogen (secondary N) is 1. The molecule has 0 saturated heterocycles. The average molecular weight is 274 g/mol. The third-order valence-electron chi connectivity index (χ3n) is 3.01. The second-order valence-electron chi connectivity index (χ2n) is 4.45. The van der Waals surface area contributed by atoms with Crippen molar-refractivity contribution in [1.29, 1.82) is 0 Å². The number of rotatable bonds is 7. The van der Waals surface area contributed by atoms with Gasteiger partial charge in [0.05, 0.1) is 7.11 Å². The van der Waals surface area contributed by atoms with Gasteiger partial charge in [-0.1, -0.05) is 17.3 Å². The Balaban J connectivity index is 1.62. The first-order valence-electron chi connectivity index (χ1n) is 6.61. The highest BCUT2D eigenvalue weighted by molar-refractivity contribution is 5.91. The largest absolute Gasteiger partial charge is 0.497 e. The molecule has 0 saturated carbocycles. The highest BCUT2D eigenvalue weighted by atomic mass is 16.5. The van der Waals surface area contributed by atoms with Crippen LogP contribution in [-0.2, 0) is 6.42 Å². The smallest absolute Gasteiger partial charge is 0.273 e. The molecule has 0 atom stereocenters. The van der Waals surface area contributed by atoms with Crippen LogP contribution in [0.5, 0.6) is 5.75 Å². The maximum Gasteiger partial charge on any atom is 0.273 e. The van der Waals surface area contributed by atoms with Gasteiger partial charge in [-0.2, -0.15) is 0 Å². The first-order valence-corrected chi connectivity index (χ1v) is 6.61. The van der Waals surface area contributed by atoms with Crippen molar-refractivity contribution in [1.82, 2.24) is 10.5 Å². The van der Waals surface area contributed by atoms with E-state index in [9.17, 15) is 4.79 Å². The normalized spacial score (nSPS) is 10.2. The number of aromatic nitrogens is 1. The molecule has 0 bridgehead atoms. The Bertz CT molecular complexity index is 521. The predicted octanol–water partition coefficient (Wildman–Crippen LogP) is 2.44. The molecule has 0 radical (unpaired) electrons. The number of carbonyl (C=O) groups excluding carboxylic acids is 1. The van der Waals surface area contributed by atoms with Crippen molar-refractivity contribution in [3.05, 3.63) is 47.9 Å². The fourth-order valence-electron chi connectivity index (χ4n) is 1.87. The number of aryl methyl sites for hydroxylation is 1. The third-order valence-corrected chi connectivity index (χ3v) is 3.01. The lowest BCUT2D eigenvalue weighted by Gasteiger charge is -2.04. The molecule has 5 heteroatoms. The van der Waals surface area contributed by atoms with Gasteiger partial charge >= 0.3 is 0 Å². The monoisotopic (exact) mass is 274 g/mol. The molecule has 1 N–H and O–H groups in total. The van der Waals surface area contributed by atoms with Crippen molar-refractivity contribution >= 4 is 5.91 Å². The second-order valence-corrected chi connectivity index (χ2v) is 4.45. The first-order chi connectivity index (χ1) is 9.79. The summed E-state index contributed by atoms with van der Waals surface area (Å²) in [5.41, 5.74) is 1.59. The lowest BCUT2D eigenvalue weighted by Crippen LogP contribution is -2.24. The van der Waals surface area contributed by atoms with Gasteiger partial charge < -0.3 is 14.6 Å². The Morgan fingerprint density at radius 1 is 1.25 bits per heavy atom. The molecule has 2 rings (SSSR count). The molecule has 106 valence electrons. The molecule has 2 aromatic rings. The zero-order valence-electron chi connectivity index (χ0n) is 11.5. The van der Waals surface area contributed by atoms with E-state index in [-0.39, 0.29) is 5.91 Å². The van der Waals surface area contributed by atoms with E-state index >= 15 is 0 Å². The van der Waals surface area contributed by atoms with Crippen LogP contribution in [0.4, 0.5) is 0 Å². The summed E-state index contributed by atoms with van der Waals surface area (Å²) < 4.78 is 9.73. The topological polar surface area (TPSA) is 64.4 Å². The minimum absolute atomic E-state index is 0.191. The maximum atomic E-state index is 11.6. The average Bonchev–Trinajstić information content (AvgIpc) is 3.01. The molecule has 5 nitrogen and oxygen atoms in total. The number of carbonyl (C=O) groups is 1. The van der Waals surface area contributed by atoms with Gasteiger partial charge in [-0.25, -0.2) is 0 Å². The molecule has 0 aliphatic carbocycles. The lowest BCUT2D eigenvalue weighted by molar-refractivity contribution is 0.0944. The number of benzene rings is 1. The van der Waals surface area contributed by atoms with Gasteiger partial charge in [0.15, 0.2) is 5.69 Å². The number of ether oxygens (including phenoxy) is 1. The van der Waals surface area contributed by atoms with Crippen LogP contribution >= 0.6 is 0 Å². The van der Waals surface area contributed by atoms with Crippen LogP contribution in [0.25, 0.3) is 0 Å². The fourth-order valence-corrected chi connectivity index (χ4v) is 1.87. The van der Waals surface area contributed by atoms with E-state index in [0.29, 0.717) is 12.2 Å². The molecular weight excluding hydrogens is 256 g/mol. The number of methoxy groups -OCH3 is 1. The number of hydrogen-bond donors (Lipinski definition) is 1. The van der Waals surface area contributed by atoms with E-state index in [2.05, 4.69) is 27.1 Å². The summed E-state index contributed by atoms with van der Waals surface area (Å²) in [6.45, 7) is 0.641. The van der Waals surface area contributed by atoms with Crippen molar-refractivity contribution in [2.75, 3.05) is 13.7 Å². The molecular formula is C15H18N2O3. The van der Waals surface area contributed by atoms with E-state index in [1.165, 1.54) is 11.8 Å². The third kappa shape index (κ3) is 4.12. The van der Waals surface area contributed by atoms with Gasteiger partial charge in [0.2, 0.25) is 0 Å². The minimum atomic E-state index is -0.191. The molecule has 1 heterocycles. The maximum absolute atomic E-state index is 11.6.